The number of benzene rings is 2. The average Bonchev–Trinajstić information content (AvgIpc) is 3.10. The van der Waals surface area contributed by atoms with Gasteiger partial charge < -0.3 is 9.84 Å². The molecule has 2 N–H and O–H groups in total. The number of aliphatic carboxylic acids is 1. The number of carbonyl (C=O) groups is 2. The van der Waals surface area contributed by atoms with Crippen molar-refractivity contribution in [1.29, 1.82) is 0 Å². The number of hydrogen-bond donors (Lipinski definition) is 2. The van der Waals surface area contributed by atoms with E-state index in [2.05, 4.69) is 10.4 Å². The number of rotatable bonds is 6. The van der Waals surface area contributed by atoms with Gasteiger partial charge >= 0.3 is 12.1 Å². The molecule has 0 saturated carbocycles. The third kappa shape index (κ3) is 5.55. The minimum atomic E-state index is -0.905. The van der Waals surface area contributed by atoms with Gasteiger partial charge in [-0.2, -0.15) is 5.10 Å². The Balaban J connectivity index is 1.84. The molecular formula is C23H26ClN3O4. The fourth-order valence-corrected chi connectivity index (χ4v) is 3.59. The SMILES string of the molecule is CC(CC(C(=O)O)c1ccc(Cl)cc1)n1ncc2c(NC(=O)OC(C)(C)C)cccc21. The zero-order valence-corrected chi connectivity index (χ0v) is 18.7. The standard InChI is InChI=1S/C23H26ClN3O4/c1-14(12-17(21(28)29)15-8-10-16(24)11-9-15)27-20-7-5-6-19(18(20)13-25-27)26-22(30)31-23(2,3)4/h5-11,13-14,17H,12H2,1-4H3,(H,26,30)(H,28,29). The van der Waals surface area contributed by atoms with Gasteiger partial charge in [0, 0.05) is 10.4 Å². The van der Waals surface area contributed by atoms with Crippen LogP contribution >= 0.6 is 11.6 Å². The maximum atomic E-state index is 12.2. The van der Waals surface area contributed by atoms with Crippen molar-refractivity contribution in [2.45, 2.75) is 51.7 Å². The number of nitrogens with one attached hydrogen (secondary N) is 1. The van der Waals surface area contributed by atoms with Crippen molar-refractivity contribution in [3.8, 4) is 0 Å². The maximum absolute atomic E-state index is 12.2. The number of anilines is 1. The van der Waals surface area contributed by atoms with Crippen molar-refractivity contribution in [3.63, 3.8) is 0 Å². The lowest BCUT2D eigenvalue weighted by atomic mass is 9.92. The molecule has 0 fully saturated rings. The third-order valence-electron chi connectivity index (χ3n) is 4.84. The van der Waals surface area contributed by atoms with Crippen molar-refractivity contribution >= 4 is 40.3 Å². The number of carboxylic acids is 1. The second kappa shape index (κ2) is 8.98. The molecule has 164 valence electrons. The van der Waals surface area contributed by atoms with Gasteiger partial charge in [0.2, 0.25) is 0 Å². The van der Waals surface area contributed by atoms with E-state index in [0.717, 1.165) is 10.9 Å². The van der Waals surface area contributed by atoms with Crippen molar-refractivity contribution < 1.29 is 19.4 Å². The molecular weight excluding hydrogens is 418 g/mol. The largest absolute Gasteiger partial charge is 0.481 e. The van der Waals surface area contributed by atoms with E-state index in [0.29, 0.717) is 22.7 Å². The molecule has 8 heteroatoms. The van der Waals surface area contributed by atoms with E-state index in [9.17, 15) is 14.7 Å². The van der Waals surface area contributed by atoms with Crippen LogP contribution in [0.25, 0.3) is 10.9 Å². The van der Waals surface area contributed by atoms with Crippen LogP contribution in [-0.2, 0) is 9.53 Å². The van der Waals surface area contributed by atoms with Gasteiger partial charge in [0.1, 0.15) is 5.60 Å². The topological polar surface area (TPSA) is 93.5 Å². The normalized spacial score (nSPS) is 13.6. The molecule has 0 aliphatic heterocycles. The first-order valence-corrected chi connectivity index (χ1v) is 10.4. The lowest BCUT2D eigenvalue weighted by Crippen LogP contribution is -2.27. The highest BCUT2D eigenvalue weighted by Gasteiger charge is 2.25. The highest BCUT2D eigenvalue weighted by molar-refractivity contribution is 6.30. The molecule has 2 aromatic carbocycles. The van der Waals surface area contributed by atoms with Crippen LogP contribution in [0.15, 0.2) is 48.7 Å². The van der Waals surface area contributed by atoms with Crippen molar-refractivity contribution in [3.05, 3.63) is 59.2 Å². The number of aromatic nitrogens is 2. The Morgan fingerprint density at radius 2 is 1.87 bits per heavy atom. The van der Waals surface area contributed by atoms with Gasteiger partial charge in [-0.3, -0.25) is 14.8 Å². The molecule has 1 aromatic heterocycles. The molecule has 0 aliphatic rings. The van der Waals surface area contributed by atoms with Crippen molar-refractivity contribution in [2.24, 2.45) is 0 Å². The zero-order chi connectivity index (χ0) is 22.8. The van der Waals surface area contributed by atoms with Gasteiger partial charge in [0.05, 0.1) is 29.4 Å². The molecule has 0 saturated heterocycles. The second-order valence-electron chi connectivity index (χ2n) is 8.48. The Bertz CT molecular complexity index is 1090. The summed E-state index contributed by atoms with van der Waals surface area (Å²) in [5.74, 6) is -1.60. The van der Waals surface area contributed by atoms with Gasteiger partial charge in [-0.15, -0.1) is 0 Å². The number of carbonyl (C=O) groups excluding carboxylic acids is 1. The lowest BCUT2D eigenvalue weighted by molar-refractivity contribution is -0.139. The molecule has 3 rings (SSSR count). The van der Waals surface area contributed by atoms with Gasteiger partial charge in [-0.1, -0.05) is 29.8 Å². The fourth-order valence-electron chi connectivity index (χ4n) is 3.46. The van der Waals surface area contributed by atoms with E-state index in [1.807, 2.05) is 19.1 Å². The first kappa shape index (κ1) is 22.6. The summed E-state index contributed by atoms with van der Waals surface area (Å²) in [6.45, 7) is 7.32. The summed E-state index contributed by atoms with van der Waals surface area (Å²) in [6.07, 6.45) is 1.46. The highest BCUT2D eigenvalue weighted by atomic mass is 35.5. The van der Waals surface area contributed by atoms with Crippen LogP contribution in [-0.4, -0.2) is 32.6 Å². The smallest absolute Gasteiger partial charge is 0.412 e. The minimum Gasteiger partial charge on any atom is -0.481 e. The Hall–Kier alpha value is -3.06. The molecule has 3 aromatic rings. The third-order valence-corrected chi connectivity index (χ3v) is 5.09. The summed E-state index contributed by atoms with van der Waals surface area (Å²) in [7, 11) is 0. The Labute approximate surface area is 186 Å². The van der Waals surface area contributed by atoms with E-state index in [-0.39, 0.29) is 6.04 Å². The number of fused-ring (bicyclic) bond motifs is 1. The molecule has 0 aliphatic carbocycles. The van der Waals surface area contributed by atoms with Crippen LogP contribution in [0.4, 0.5) is 10.5 Å². The molecule has 1 heterocycles. The van der Waals surface area contributed by atoms with Gasteiger partial charge in [0.25, 0.3) is 0 Å². The van der Waals surface area contributed by atoms with Crippen LogP contribution in [0.1, 0.15) is 51.6 Å². The lowest BCUT2D eigenvalue weighted by Gasteiger charge is -2.20. The quantitative estimate of drug-likeness (QED) is 0.498. The molecule has 7 nitrogen and oxygen atoms in total. The Morgan fingerprint density at radius 1 is 1.19 bits per heavy atom. The summed E-state index contributed by atoms with van der Waals surface area (Å²) < 4.78 is 7.11. The summed E-state index contributed by atoms with van der Waals surface area (Å²) in [5, 5.41) is 18.3. The predicted molar refractivity (Wildman–Crippen MR) is 121 cm³/mol. The van der Waals surface area contributed by atoms with Crippen molar-refractivity contribution in [1.82, 2.24) is 9.78 Å². The van der Waals surface area contributed by atoms with E-state index in [1.165, 1.54) is 0 Å². The number of hydrogen-bond acceptors (Lipinski definition) is 4. The number of carboxylic acid groups (broad SMARTS) is 1. The first-order valence-electron chi connectivity index (χ1n) is 9.99. The monoisotopic (exact) mass is 443 g/mol. The average molecular weight is 444 g/mol. The van der Waals surface area contributed by atoms with E-state index in [1.54, 1.807) is 62.0 Å². The maximum Gasteiger partial charge on any atom is 0.412 e. The Kier molecular flexibility index (Phi) is 6.55. The predicted octanol–water partition coefficient (Wildman–Crippen LogP) is 5.86. The summed E-state index contributed by atoms with van der Waals surface area (Å²) >= 11 is 5.93. The number of nitrogens with zero attached hydrogens (tertiary/aromatic N) is 2. The van der Waals surface area contributed by atoms with Gasteiger partial charge in [-0.05, 0) is 63.9 Å². The molecule has 0 bridgehead atoms. The van der Waals surface area contributed by atoms with Crippen LogP contribution in [0.5, 0.6) is 0 Å². The van der Waals surface area contributed by atoms with Crippen LogP contribution in [0, 0.1) is 0 Å². The summed E-state index contributed by atoms with van der Waals surface area (Å²) in [4.78, 5) is 24.1. The van der Waals surface area contributed by atoms with Crippen molar-refractivity contribution in [2.75, 3.05) is 5.32 Å². The minimum absolute atomic E-state index is 0.203. The fraction of sp³-hybridized carbons (Fsp3) is 0.348. The number of amides is 1. The molecule has 0 radical (unpaired) electrons. The number of halogens is 1. The Morgan fingerprint density at radius 3 is 2.48 bits per heavy atom. The second-order valence-corrected chi connectivity index (χ2v) is 8.92. The molecule has 2 atom stereocenters. The van der Waals surface area contributed by atoms with Crippen LogP contribution in [0.2, 0.25) is 5.02 Å². The van der Waals surface area contributed by atoms with E-state index < -0.39 is 23.6 Å². The van der Waals surface area contributed by atoms with Gasteiger partial charge in [-0.25, -0.2) is 4.79 Å². The van der Waals surface area contributed by atoms with Crippen LogP contribution < -0.4 is 5.32 Å². The molecule has 0 spiro atoms. The first-order chi connectivity index (χ1) is 14.5. The summed E-state index contributed by atoms with van der Waals surface area (Å²) in [5.41, 5.74) is 1.45. The molecule has 31 heavy (non-hydrogen) atoms. The molecule has 1 amide bonds. The highest BCUT2D eigenvalue weighted by Crippen LogP contribution is 2.31. The van der Waals surface area contributed by atoms with E-state index in [4.69, 9.17) is 16.3 Å². The van der Waals surface area contributed by atoms with Crippen LogP contribution in [0.3, 0.4) is 0 Å². The number of ether oxygens (including phenoxy) is 1. The summed E-state index contributed by atoms with van der Waals surface area (Å²) in [6, 6.07) is 12.1. The zero-order valence-electron chi connectivity index (χ0n) is 17.9. The van der Waals surface area contributed by atoms with Gasteiger partial charge in [0.15, 0.2) is 0 Å². The van der Waals surface area contributed by atoms with E-state index >= 15 is 0 Å². The molecule has 2 unspecified atom stereocenters.